The van der Waals surface area contributed by atoms with Crippen LogP contribution >= 0.6 is 23.2 Å². The van der Waals surface area contributed by atoms with Crippen LogP contribution in [0.4, 0.5) is 0 Å². The van der Waals surface area contributed by atoms with Crippen LogP contribution in [0.2, 0.25) is 5.02 Å². The molecule has 0 saturated carbocycles. The van der Waals surface area contributed by atoms with Crippen LogP contribution in [-0.2, 0) is 6.54 Å². The number of alkyl halides is 1. The third kappa shape index (κ3) is 3.43. The summed E-state index contributed by atoms with van der Waals surface area (Å²) in [6.45, 7) is 7.42. The molecule has 19 heavy (non-hydrogen) atoms. The number of halogens is 2. The van der Waals surface area contributed by atoms with Crippen LogP contribution in [0.3, 0.4) is 0 Å². The molecule has 2 nitrogen and oxygen atoms in total. The van der Waals surface area contributed by atoms with E-state index in [-0.39, 0.29) is 5.38 Å². The highest BCUT2D eigenvalue weighted by atomic mass is 35.5. The summed E-state index contributed by atoms with van der Waals surface area (Å²) < 4.78 is 2.23. The summed E-state index contributed by atoms with van der Waals surface area (Å²) in [5.41, 5.74) is 2.05. The first-order valence-corrected chi connectivity index (χ1v) is 7.60. The Morgan fingerprint density at radius 2 is 2.00 bits per heavy atom. The number of rotatable bonds is 5. The van der Waals surface area contributed by atoms with Gasteiger partial charge in [-0.25, -0.2) is 4.98 Å². The van der Waals surface area contributed by atoms with Crippen molar-refractivity contribution in [2.24, 2.45) is 5.92 Å². The molecule has 2 aromatic rings. The molecular weight excluding hydrogens is 279 g/mol. The van der Waals surface area contributed by atoms with Crippen LogP contribution in [0.5, 0.6) is 0 Å². The average Bonchev–Trinajstić information content (AvgIpc) is 2.67. The molecule has 0 aliphatic rings. The maximum Gasteiger partial charge on any atom is 0.127 e. The molecule has 0 bridgehead atoms. The predicted octanol–water partition coefficient (Wildman–Crippen LogP) is 5.43. The van der Waals surface area contributed by atoms with Gasteiger partial charge in [-0.2, -0.15) is 0 Å². The average molecular weight is 299 g/mol. The number of aryl methyl sites for hydroxylation is 1. The van der Waals surface area contributed by atoms with Crippen molar-refractivity contribution in [3.05, 3.63) is 29.0 Å². The Balaban J connectivity index is 2.35. The lowest BCUT2D eigenvalue weighted by Gasteiger charge is -2.11. The van der Waals surface area contributed by atoms with Gasteiger partial charge in [0.2, 0.25) is 0 Å². The fraction of sp³-hybridized carbons (Fsp3) is 0.533. The van der Waals surface area contributed by atoms with Crippen molar-refractivity contribution >= 4 is 34.2 Å². The monoisotopic (exact) mass is 298 g/mol. The fourth-order valence-electron chi connectivity index (χ4n) is 2.32. The fourth-order valence-corrected chi connectivity index (χ4v) is 2.65. The normalized spacial score (nSPS) is 13.4. The Morgan fingerprint density at radius 1 is 1.26 bits per heavy atom. The second-order valence-electron chi connectivity index (χ2n) is 5.41. The first-order chi connectivity index (χ1) is 8.99. The van der Waals surface area contributed by atoms with E-state index < -0.39 is 0 Å². The Labute approximate surface area is 124 Å². The molecule has 1 atom stereocenters. The summed E-state index contributed by atoms with van der Waals surface area (Å²) in [7, 11) is 0. The highest BCUT2D eigenvalue weighted by molar-refractivity contribution is 6.31. The van der Waals surface area contributed by atoms with E-state index in [1.165, 1.54) is 6.42 Å². The number of nitrogens with zero attached hydrogens (tertiary/aromatic N) is 2. The highest BCUT2D eigenvalue weighted by Gasteiger charge is 2.14. The summed E-state index contributed by atoms with van der Waals surface area (Å²) in [6, 6.07) is 5.84. The molecule has 1 aromatic carbocycles. The zero-order valence-electron chi connectivity index (χ0n) is 11.7. The third-order valence-electron chi connectivity index (χ3n) is 3.26. The number of fused-ring (bicyclic) bond motifs is 1. The Kier molecular flexibility index (Phi) is 4.75. The Hall–Kier alpha value is -0.730. The van der Waals surface area contributed by atoms with Crippen molar-refractivity contribution in [2.75, 3.05) is 0 Å². The van der Waals surface area contributed by atoms with E-state index in [0.29, 0.717) is 5.02 Å². The molecule has 0 radical (unpaired) electrons. The van der Waals surface area contributed by atoms with E-state index in [1.807, 2.05) is 25.1 Å². The molecule has 0 saturated heterocycles. The summed E-state index contributed by atoms with van der Waals surface area (Å²) >= 11 is 12.3. The number of benzene rings is 1. The van der Waals surface area contributed by atoms with Gasteiger partial charge in [-0.15, -0.1) is 11.6 Å². The zero-order chi connectivity index (χ0) is 14.0. The molecule has 104 valence electrons. The van der Waals surface area contributed by atoms with Gasteiger partial charge in [0.1, 0.15) is 5.82 Å². The van der Waals surface area contributed by atoms with Crippen molar-refractivity contribution in [3.8, 4) is 0 Å². The smallest absolute Gasteiger partial charge is 0.127 e. The molecule has 2 rings (SSSR count). The molecule has 0 aliphatic carbocycles. The van der Waals surface area contributed by atoms with Gasteiger partial charge in [0.05, 0.1) is 16.4 Å². The lowest BCUT2D eigenvalue weighted by atomic mass is 10.1. The van der Waals surface area contributed by atoms with Crippen molar-refractivity contribution in [1.29, 1.82) is 0 Å². The van der Waals surface area contributed by atoms with Gasteiger partial charge in [0.25, 0.3) is 0 Å². The minimum absolute atomic E-state index is 0.0924. The van der Waals surface area contributed by atoms with E-state index in [0.717, 1.165) is 35.7 Å². The number of aromatic nitrogens is 2. The molecule has 0 amide bonds. The van der Waals surface area contributed by atoms with E-state index in [2.05, 4.69) is 23.4 Å². The molecule has 1 unspecified atom stereocenters. The van der Waals surface area contributed by atoms with Gasteiger partial charge in [-0.1, -0.05) is 25.4 Å². The summed E-state index contributed by atoms with van der Waals surface area (Å²) in [4.78, 5) is 4.62. The largest absolute Gasteiger partial charge is 0.327 e. The molecular formula is C15H20Cl2N2. The summed E-state index contributed by atoms with van der Waals surface area (Å²) in [5.74, 6) is 1.66. The maximum absolute atomic E-state index is 6.24. The van der Waals surface area contributed by atoms with Crippen LogP contribution < -0.4 is 0 Å². The van der Waals surface area contributed by atoms with E-state index in [9.17, 15) is 0 Å². The minimum Gasteiger partial charge on any atom is -0.327 e. The van der Waals surface area contributed by atoms with Gasteiger partial charge in [0, 0.05) is 11.6 Å². The van der Waals surface area contributed by atoms with Crippen LogP contribution in [0.25, 0.3) is 11.0 Å². The topological polar surface area (TPSA) is 17.8 Å². The van der Waals surface area contributed by atoms with Crippen LogP contribution in [0.1, 0.15) is 44.8 Å². The Bertz CT molecular complexity index is 559. The van der Waals surface area contributed by atoms with E-state index in [1.54, 1.807) is 0 Å². The van der Waals surface area contributed by atoms with Gasteiger partial charge < -0.3 is 4.57 Å². The van der Waals surface area contributed by atoms with Gasteiger partial charge >= 0.3 is 0 Å². The predicted molar refractivity (Wildman–Crippen MR) is 83.1 cm³/mol. The molecule has 1 heterocycles. The van der Waals surface area contributed by atoms with Gasteiger partial charge in [0.15, 0.2) is 0 Å². The first-order valence-electron chi connectivity index (χ1n) is 6.78. The zero-order valence-corrected chi connectivity index (χ0v) is 13.2. The molecule has 4 heteroatoms. The molecule has 0 N–H and O–H groups in total. The minimum atomic E-state index is -0.0924. The molecule has 0 spiro atoms. The van der Waals surface area contributed by atoms with Crippen molar-refractivity contribution in [2.45, 2.75) is 45.5 Å². The number of hydrogen-bond donors (Lipinski definition) is 0. The van der Waals surface area contributed by atoms with Gasteiger partial charge in [-0.05, 0) is 43.9 Å². The van der Waals surface area contributed by atoms with Crippen molar-refractivity contribution in [3.63, 3.8) is 0 Å². The van der Waals surface area contributed by atoms with E-state index in [4.69, 9.17) is 23.2 Å². The quantitative estimate of drug-likeness (QED) is 0.673. The SMILES string of the molecule is CC(C)CCCn1c(C(C)Cl)nc2cc(Cl)ccc21. The van der Waals surface area contributed by atoms with E-state index >= 15 is 0 Å². The van der Waals surface area contributed by atoms with Gasteiger partial charge in [-0.3, -0.25) is 0 Å². The lowest BCUT2D eigenvalue weighted by molar-refractivity contribution is 0.509. The maximum atomic E-state index is 6.24. The Morgan fingerprint density at radius 3 is 2.63 bits per heavy atom. The number of imidazole rings is 1. The van der Waals surface area contributed by atoms with Crippen molar-refractivity contribution in [1.82, 2.24) is 9.55 Å². The molecule has 0 fully saturated rings. The summed E-state index contributed by atoms with van der Waals surface area (Å²) in [5, 5.41) is 0.623. The van der Waals surface area contributed by atoms with Crippen LogP contribution in [0.15, 0.2) is 18.2 Å². The standard InChI is InChI=1S/C15H20Cl2N2/c1-10(2)5-4-8-19-14-7-6-12(17)9-13(14)18-15(19)11(3)16/h6-7,9-11H,4-5,8H2,1-3H3. The molecule has 1 aromatic heterocycles. The number of hydrogen-bond acceptors (Lipinski definition) is 1. The highest BCUT2D eigenvalue weighted by Crippen LogP contribution is 2.27. The van der Waals surface area contributed by atoms with Crippen LogP contribution in [-0.4, -0.2) is 9.55 Å². The molecule has 0 aliphatic heterocycles. The third-order valence-corrected chi connectivity index (χ3v) is 3.69. The lowest BCUT2D eigenvalue weighted by Crippen LogP contribution is -2.05. The summed E-state index contributed by atoms with van der Waals surface area (Å²) in [6.07, 6.45) is 2.35. The first kappa shape index (κ1) is 14.7. The van der Waals surface area contributed by atoms with Crippen LogP contribution in [0, 0.1) is 5.92 Å². The van der Waals surface area contributed by atoms with Crippen molar-refractivity contribution < 1.29 is 0 Å². The second-order valence-corrected chi connectivity index (χ2v) is 6.50. The second kappa shape index (κ2) is 6.15.